The third-order valence-corrected chi connectivity index (χ3v) is 13.1. The highest BCUT2D eigenvalue weighted by Crippen LogP contribution is 2.48. The van der Waals surface area contributed by atoms with Crippen molar-refractivity contribution in [3.05, 3.63) is 53.2 Å². The van der Waals surface area contributed by atoms with Crippen molar-refractivity contribution in [1.29, 1.82) is 0 Å². The summed E-state index contributed by atoms with van der Waals surface area (Å²) in [7, 11) is 0. The molecule has 16 heteroatoms. The van der Waals surface area contributed by atoms with Crippen LogP contribution < -0.4 is 15.0 Å². The average Bonchev–Trinajstić information content (AvgIpc) is 3.86. The molecule has 2 bridgehead atoms. The van der Waals surface area contributed by atoms with Gasteiger partial charge in [-0.3, -0.25) is 4.90 Å². The maximum absolute atomic E-state index is 17.3. The number of fused-ring (bicyclic) bond motifs is 7. The largest absolute Gasteiger partial charge is 0.461 e. The minimum Gasteiger partial charge on any atom is -0.461 e. The topological polar surface area (TPSA) is 75.6 Å². The summed E-state index contributed by atoms with van der Waals surface area (Å²) in [5.41, 5.74) is -4.22. The molecule has 2 aromatic carbocycles. The first-order valence-corrected chi connectivity index (χ1v) is 19.4. The van der Waals surface area contributed by atoms with E-state index < -0.39 is 47.8 Å². The van der Waals surface area contributed by atoms with Crippen molar-refractivity contribution < 1.29 is 44.6 Å². The molecule has 0 spiro atoms. The third kappa shape index (κ3) is 6.09. The predicted octanol–water partition coefficient (Wildman–Crippen LogP) is 8.03. The van der Waals surface area contributed by atoms with E-state index in [9.17, 15) is 26.3 Å². The Morgan fingerprint density at radius 3 is 2.53 bits per heavy atom. The second-order valence-corrected chi connectivity index (χ2v) is 16.2. The Labute approximate surface area is 323 Å². The number of aryl methyl sites for hydroxylation is 1. The van der Waals surface area contributed by atoms with Crippen LogP contribution in [0.25, 0.3) is 32.9 Å². The number of terminal acetylenes is 1. The minimum atomic E-state index is -5.67. The standard InChI is InChI=1S/C41H40F8N6O2/c1-3-25-27(42)13-11-22-7-4-8-26(31(22)25)34-33(43)35-32-29(51-34)9-5-10-30-28-14-12-23(50-28)19-54(30)36(32)53-37(52-35)56-21-39-16-6-18-55(39)24(15-17-39)20-57-38(2,40(44,45)46)41(47,48)49/h1,4,7-8,11,13,23-24,28,30,50H,5-6,9-10,12,14-21H2,2H3/t23-,24+,28+,30-,39+/m1/s1. The molecule has 0 aliphatic carbocycles. The number of ether oxygens (including phenoxy) is 2. The number of rotatable bonds is 7. The van der Waals surface area contributed by atoms with Crippen LogP contribution in [0.1, 0.15) is 69.5 Å². The molecule has 0 saturated carbocycles. The van der Waals surface area contributed by atoms with Gasteiger partial charge in [0.15, 0.2) is 5.82 Å². The maximum atomic E-state index is 17.3. The quantitative estimate of drug-likeness (QED) is 0.149. The second kappa shape index (κ2) is 13.6. The molecular weight excluding hydrogens is 760 g/mol. The Balaban J connectivity index is 1.11. The molecule has 0 unspecified atom stereocenters. The highest BCUT2D eigenvalue weighted by atomic mass is 19.4. The zero-order valence-corrected chi connectivity index (χ0v) is 31.0. The van der Waals surface area contributed by atoms with Crippen molar-refractivity contribution in [2.24, 2.45) is 0 Å². The van der Waals surface area contributed by atoms with Crippen LogP contribution >= 0.6 is 0 Å². The Hall–Kier alpha value is -4.33. The molecule has 9 rings (SSSR count). The van der Waals surface area contributed by atoms with Gasteiger partial charge in [0, 0.05) is 41.7 Å². The van der Waals surface area contributed by atoms with Crippen LogP contribution in [0.5, 0.6) is 6.01 Å². The first-order valence-electron chi connectivity index (χ1n) is 19.4. The Morgan fingerprint density at radius 2 is 1.75 bits per heavy atom. The molecule has 57 heavy (non-hydrogen) atoms. The molecule has 5 aliphatic heterocycles. The van der Waals surface area contributed by atoms with Crippen LogP contribution in [0.2, 0.25) is 0 Å². The normalized spacial score (nSPS) is 26.4. The number of alkyl halides is 6. The van der Waals surface area contributed by atoms with Crippen LogP contribution in [-0.4, -0.2) is 93.8 Å². The van der Waals surface area contributed by atoms with Crippen LogP contribution in [0, 0.1) is 24.0 Å². The number of hydrogen-bond acceptors (Lipinski definition) is 8. The lowest BCUT2D eigenvalue weighted by Gasteiger charge is -2.43. The number of benzene rings is 2. The lowest BCUT2D eigenvalue weighted by molar-refractivity contribution is -0.375. The van der Waals surface area contributed by atoms with Gasteiger partial charge in [0.05, 0.1) is 28.8 Å². The Kier molecular flexibility index (Phi) is 9.13. The summed E-state index contributed by atoms with van der Waals surface area (Å²) >= 11 is 0. The molecule has 0 radical (unpaired) electrons. The zero-order valence-electron chi connectivity index (χ0n) is 31.0. The van der Waals surface area contributed by atoms with Crippen molar-refractivity contribution in [2.75, 3.05) is 31.2 Å². The van der Waals surface area contributed by atoms with E-state index in [1.807, 2.05) is 4.90 Å². The number of hydrogen-bond donors (Lipinski definition) is 1. The second-order valence-electron chi connectivity index (χ2n) is 16.2. The summed E-state index contributed by atoms with van der Waals surface area (Å²) in [6.07, 6.45) is 0.454. The van der Waals surface area contributed by atoms with Gasteiger partial charge in [-0.25, -0.2) is 13.8 Å². The van der Waals surface area contributed by atoms with Crippen LogP contribution in [0.4, 0.5) is 40.9 Å². The fraction of sp³-hybridized carbons (Fsp3) is 0.537. The van der Waals surface area contributed by atoms with E-state index in [0.717, 1.165) is 25.7 Å². The van der Waals surface area contributed by atoms with Gasteiger partial charge in [0.25, 0.3) is 5.60 Å². The molecular formula is C41H40F8N6O2. The van der Waals surface area contributed by atoms with Gasteiger partial charge in [0.2, 0.25) is 0 Å². The van der Waals surface area contributed by atoms with Crippen molar-refractivity contribution in [3.8, 4) is 29.6 Å². The molecule has 8 nitrogen and oxygen atoms in total. The van der Waals surface area contributed by atoms with E-state index in [4.69, 9.17) is 25.9 Å². The summed E-state index contributed by atoms with van der Waals surface area (Å²) in [5.74, 6) is 1.54. The number of nitrogens with one attached hydrogen (secondary N) is 1. The first kappa shape index (κ1) is 38.2. The van der Waals surface area contributed by atoms with Gasteiger partial charge in [-0.05, 0) is 82.7 Å². The van der Waals surface area contributed by atoms with E-state index in [0.29, 0.717) is 78.4 Å². The number of aromatic nitrogens is 3. The van der Waals surface area contributed by atoms with Crippen LogP contribution in [0.3, 0.4) is 0 Å². The van der Waals surface area contributed by atoms with E-state index in [-0.39, 0.29) is 54.4 Å². The molecule has 4 fully saturated rings. The van der Waals surface area contributed by atoms with E-state index in [1.165, 1.54) is 6.07 Å². The summed E-state index contributed by atoms with van der Waals surface area (Å²) < 4.78 is 125. The minimum absolute atomic E-state index is 0.0133. The smallest absolute Gasteiger partial charge is 0.426 e. The molecule has 7 heterocycles. The van der Waals surface area contributed by atoms with Crippen molar-refractivity contribution in [1.82, 2.24) is 25.2 Å². The third-order valence-electron chi connectivity index (χ3n) is 13.1. The molecule has 4 saturated heterocycles. The van der Waals surface area contributed by atoms with Crippen LogP contribution in [-0.2, 0) is 11.2 Å². The molecule has 4 aromatic rings. The summed E-state index contributed by atoms with van der Waals surface area (Å²) in [4.78, 5) is 18.6. The van der Waals surface area contributed by atoms with Gasteiger partial charge in [-0.1, -0.05) is 30.2 Å². The van der Waals surface area contributed by atoms with Crippen molar-refractivity contribution in [3.63, 3.8) is 0 Å². The number of piperazine rings is 1. The fourth-order valence-electron chi connectivity index (χ4n) is 10.1. The summed E-state index contributed by atoms with van der Waals surface area (Å²) in [6, 6.07) is 7.66. The molecule has 1 N–H and O–H groups in total. The van der Waals surface area contributed by atoms with Crippen molar-refractivity contribution in [2.45, 2.75) is 112 Å². The van der Waals surface area contributed by atoms with Gasteiger partial charge >= 0.3 is 18.4 Å². The van der Waals surface area contributed by atoms with Gasteiger partial charge in [0.1, 0.15) is 29.5 Å². The van der Waals surface area contributed by atoms with Gasteiger partial charge in [-0.2, -0.15) is 36.3 Å². The monoisotopic (exact) mass is 800 g/mol. The lowest BCUT2D eigenvalue weighted by atomic mass is 9.93. The molecule has 302 valence electrons. The Bertz CT molecular complexity index is 2280. The lowest BCUT2D eigenvalue weighted by Crippen LogP contribution is -2.58. The van der Waals surface area contributed by atoms with Gasteiger partial charge in [-0.15, -0.1) is 6.42 Å². The zero-order chi connectivity index (χ0) is 40.1. The summed E-state index contributed by atoms with van der Waals surface area (Å²) in [6.45, 7) is 0.268. The predicted molar refractivity (Wildman–Crippen MR) is 196 cm³/mol. The van der Waals surface area contributed by atoms with E-state index in [2.05, 4.69) is 21.1 Å². The van der Waals surface area contributed by atoms with Crippen LogP contribution in [0.15, 0.2) is 30.3 Å². The maximum Gasteiger partial charge on any atom is 0.426 e. The van der Waals surface area contributed by atoms with E-state index >= 15 is 8.78 Å². The molecule has 0 amide bonds. The number of halogens is 8. The van der Waals surface area contributed by atoms with Crippen molar-refractivity contribution >= 4 is 27.5 Å². The average molecular weight is 801 g/mol. The number of nitrogens with zero attached hydrogens (tertiary/aromatic N) is 5. The van der Waals surface area contributed by atoms with E-state index in [1.54, 1.807) is 24.3 Å². The summed E-state index contributed by atoms with van der Waals surface area (Å²) in [5, 5.41) is 5.14. The van der Waals surface area contributed by atoms with Gasteiger partial charge < -0.3 is 19.7 Å². The Morgan fingerprint density at radius 1 is 0.947 bits per heavy atom. The highest BCUT2D eigenvalue weighted by Gasteiger charge is 2.69. The first-order chi connectivity index (χ1) is 27.1. The fourth-order valence-corrected chi connectivity index (χ4v) is 10.1. The number of anilines is 1. The molecule has 5 atom stereocenters. The SMILES string of the molecule is C#Cc1c(F)ccc2cccc(-c3nc4c5c(nc(OC[C@@]67CCCN6[C@H](COC(C)(C(F)(F)F)C(F)(F)F)CC7)nc5c3F)N3C[C@H]5CC[C@H](N5)[C@H]3CCC4)c12. The highest BCUT2D eigenvalue weighted by molar-refractivity contribution is 6.02. The molecule has 2 aromatic heterocycles. The number of pyridine rings is 1. The molecule has 5 aliphatic rings.